The third-order valence-corrected chi connectivity index (χ3v) is 5.53. The third-order valence-electron chi connectivity index (χ3n) is 3.14. The molecule has 0 saturated carbocycles. The number of benzene rings is 1. The fourth-order valence-corrected chi connectivity index (χ4v) is 3.82. The van der Waals surface area contributed by atoms with Crippen molar-refractivity contribution < 1.29 is 8.42 Å². The van der Waals surface area contributed by atoms with Gasteiger partial charge in [-0.2, -0.15) is 11.3 Å². The molecule has 1 aromatic heterocycles. The molecule has 0 fully saturated rings. The van der Waals surface area contributed by atoms with E-state index in [0.717, 1.165) is 5.56 Å². The van der Waals surface area contributed by atoms with Crippen LogP contribution in [0.3, 0.4) is 0 Å². The minimum Gasteiger partial charge on any atom is -0.301 e. The first-order chi connectivity index (χ1) is 9.90. The van der Waals surface area contributed by atoms with E-state index >= 15 is 0 Å². The zero-order chi connectivity index (χ0) is 15.5. The fraction of sp³-hybridized carbons (Fsp3) is 0.286. The highest BCUT2D eigenvalue weighted by Gasteiger charge is 2.19. The molecule has 0 aliphatic rings. The van der Waals surface area contributed by atoms with Gasteiger partial charge in [0, 0.05) is 17.6 Å². The topological polar surface area (TPSA) is 49.4 Å². The summed E-state index contributed by atoms with van der Waals surface area (Å²) in [6.07, 6.45) is 0. The van der Waals surface area contributed by atoms with Crippen LogP contribution in [0.1, 0.15) is 11.6 Å². The molecule has 1 unspecified atom stereocenters. The molecule has 2 aromatic rings. The summed E-state index contributed by atoms with van der Waals surface area (Å²) < 4.78 is 27.2. The third kappa shape index (κ3) is 4.28. The van der Waals surface area contributed by atoms with Crippen molar-refractivity contribution in [3.8, 4) is 0 Å². The highest BCUT2D eigenvalue weighted by Crippen LogP contribution is 2.21. The maximum atomic E-state index is 12.3. The maximum Gasteiger partial charge on any atom is 0.240 e. The molecule has 7 heteroatoms. The highest BCUT2D eigenvalue weighted by molar-refractivity contribution is 7.89. The Balaban J connectivity index is 2.11. The number of nitrogens with one attached hydrogen (secondary N) is 1. The number of sulfonamides is 1. The lowest BCUT2D eigenvalue weighted by Crippen LogP contribution is -2.34. The molecule has 0 saturated heterocycles. The van der Waals surface area contributed by atoms with Crippen molar-refractivity contribution in [2.45, 2.75) is 10.9 Å². The lowest BCUT2D eigenvalue weighted by atomic mass is 10.1. The number of halogens is 1. The van der Waals surface area contributed by atoms with Gasteiger partial charge in [-0.15, -0.1) is 0 Å². The van der Waals surface area contributed by atoms with Crippen molar-refractivity contribution in [3.05, 3.63) is 51.7 Å². The minimum absolute atomic E-state index is 0.00155. The van der Waals surface area contributed by atoms with Crippen LogP contribution in [-0.4, -0.2) is 34.0 Å². The van der Waals surface area contributed by atoms with E-state index in [9.17, 15) is 8.42 Å². The monoisotopic (exact) mass is 344 g/mol. The number of hydrogen-bond acceptors (Lipinski definition) is 4. The van der Waals surface area contributed by atoms with Gasteiger partial charge >= 0.3 is 0 Å². The second-order valence-corrected chi connectivity index (χ2v) is 7.83. The van der Waals surface area contributed by atoms with Crippen LogP contribution >= 0.6 is 22.9 Å². The molecule has 1 aromatic carbocycles. The van der Waals surface area contributed by atoms with Crippen LogP contribution in [0.2, 0.25) is 5.02 Å². The summed E-state index contributed by atoms with van der Waals surface area (Å²) in [5.74, 6) is 0. The average molecular weight is 345 g/mol. The van der Waals surface area contributed by atoms with Gasteiger partial charge in [-0.3, -0.25) is 0 Å². The molecule has 1 heterocycles. The second kappa shape index (κ2) is 6.89. The highest BCUT2D eigenvalue weighted by atomic mass is 35.5. The van der Waals surface area contributed by atoms with Crippen molar-refractivity contribution >= 4 is 33.0 Å². The molecule has 0 aliphatic heterocycles. The second-order valence-electron chi connectivity index (χ2n) is 4.84. The van der Waals surface area contributed by atoms with Crippen molar-refractivity contribution in [1.82, 2.24) is 9.62 Å². The Morgan fingerprint density at radius 1 is 1.24 bits per heavy atom. The zero-order valence-corrected chi connectivity index (χ0v) is 14.2. The Morgan fingerprint density at radius 2 is 1.90 bits per heavy atom. The van der Waals surface area contributed by atoms with Crippen molar-refractivity contribution in [3.63, 3.8) is 0 Å². The summed E-state index contributed by atoms with van der Waals surface area (Å²) in [6.45, 7) is 0.314. The Morgan fingerprint density at radius 3 is 2.43 bits per heavy atom. The number of hydrogen-bond donors (Lipinski definition) is 1. The van der Waals surface area contributed by atoms with Gasteiger partial charge in [0.05, 0.1) is 4.90 Å². The van der Waals surface area contributed by atoms with Crippen LogP contribution in [0.4, 0.5) is 0 Å². The van der Waals surface area contributed by atoms with Crippen molar-refractivity contribution in [2.75, 3.05) is 20.6 Å². The molecular weight excluding hydrogens is 328 g/mol. The van der Waals surface area contributed by atoms with E-state index < -0.39 is 10.0 Å². The van der Waals surface area contributed by atoms with Gasteiger partial charge in [0.1, 0.15) is 0 Å². The first-order valence-corrected chi connectivity index (χ1v) is 9.14. The van der Waals surface area contributed by atoms with Gasteiger partial charge in [-0.25, -0.2) is 13.1 Å². The Kier molecular flexibility index (Phi) is 5.40. The number of thiophene rings is 1. The quantitative estimate of drug-likeness (QED) is 0.876. The summed E-state index contributed by atoms with van der Waals surface area (Å²) in [5.41, 5.74) is 1.10. The van der Waals surface area contributed by atoms with E-state index in [1.165, 1.54) is 12.1 Å². The molecule has 114 valence electrons. The number of nitrogens with zero attached hydrogens (tertiary/aromatic N) is 1. The van der Waals surface area contributed by atoms with E-state index in [-0.39, 0.29) is 10.9 Å². The predicted octanol–water partition coefficient (Wildman–Crippen LogP) is 2.98. The van der Waals surface area contributed by atoms with Gasteiger partial charge in [0.15, 0.2) is 0 Å². The molecule has 0 bridgehead atoms. The Hall–Kier alpha value is -0.920. The van der Waals surface area contributed by atoms with E-state index in [1.54, 1.807) is 23.5 Å². The Bertz CT molecular complexity index is 668. The predicted molar refractivity (Wildman–Crippen MR) is 87.4 cm³/mol. The smallest absolute Gasteiger partial charge is 0.240 e. The molecule has 4 nitrogen and oxygen atoms in total. The molecule has 0 aliphatic carbocycles. The fourth-order valence-electron chi connectivity index (χ4n) is 1.95. The summed E-state index contributed by atoms with van der Waals surface area (Å²) in [5, 5.41) is 4.53. The van der Waals surface area contributed by atoms with Crippen LogP contribution in [0.25, 0.3) is 0 Å². The lowest BCUT2D eigenvalue weighted by molar-refractivity contribution is 0.300. The average Bonchev–Trinajstić information content (AvgIpc) is 2.93. The van der Waals surface area contributed by atoms with Crippen LogP contribution in [-0.2, 0) is 10.0 Å². The van der Waals surface area contributed by atoms with Gasteiger partial charge in [-0.05, 0) is 60.8 Å². The summed E-state index contributed by atoms with van der Waals surface area (Å²) in [6, 6.07) is 8.14. The van der Waals surface area contributed by atoms with Crippen LogP contribution in [0, 0.1) is 0 Å². The normalized spacial score (nSPS) is 13.5. The molecule has 1 atom stereocenters. The van der Waals surface area contributed by atoms with Gasteiger partial charge in [-0.1, -0.05) is 11.6 Å². The first-order valence-electron chi connectivity index (χ1n) is 6.34. The van der Waals surface area contributed by atoms with Crippen molar-refractivity contribution in [1.29, 1.82) is 0 Å². The maximum absolute atomic E-state index is 12.3. The van der Waals surface area contributed by atoms with Gasteiger partial charge in [0.2, 0.25) is 10.0 Å². The van der Waals surface area contributed by atoms with Gasteiger partial charge in [0.25, 0.3) is 0 Å². The van der Waals surface area contributed by atoms with Crippen LogP contribution in [0.5, 0.6) is 0 Å². The summed E-state index contributed by atoms with van der Waals surface area (Å²) in [7, 11) is 0.330. The van der Waals surface area contributed by atoms with Crippen LogP contribution in [0.15, 0.2) is 46.0 Å². The zero-order valence-electron chi connectivity index (χ0n) is 11.8. The number of likely N-dealkylation sites (N-methyl/N-ethyl adjacent to an activating group) is 1. The molecule has 0 amide bonds. The molecule has 21 heavy (non-hydrogen) atoms. The lowest BCUT2D eigenvalue weighted by Gasteiger charge is -2.24. The van der Waals surface area contributed by atoms with E-state index in [0.29, 0.717) is 11.6 Å². The van der Waals surface area contributed by atoms with E-state index in [4.69, 9.17) is 11.6 Å². The molecule has 0 radical (unpaired) electrons. The molecule has 2 rings (SSSR count). The first kappa shape index (κ1) is 16.5. The molecule has 1 N–H and O–H groups in total. The van der Waals surface area contributed by atoms with Gasteiger partial charge < -0.3 is 4.90 Å². The largest absolute Gasteiger partial charge is 0.301 e. The van der Waals surface area contributed by atoms with E-state index in [2.05, 4.69) is 4.72 Å². The Labute approximate surface area is 134 Å². The molecule has 0 spiro atoms. The van der Waals surface area contributed by atoms with E-state index in [1.807, 2.05) is 35.8 Å². The standard InChI is InChI=1S/C14H17ClN2O2S2/c1-17(2)14(11-7-8-20-10-11)9-16-21(18,19)13-5-3-12(15)4-6-13/h3-8,10,14,16H,9H2,1-2H3. The SMILES string of the molecule is CN(C)C(CNS(=O)(=O)c1ccc(Cl)cc1)c1ccsc1. The van der Waals surface area contributed by atoms with Crippen molar-refractivity contribution in [2.24, 2.45) is 0 Å². The molecular formula is C14H17ClN2O2S2. The van der Waals surface area contributed by atoms with Crippen LogP contribution < -0.4 is 4.72 Å². The summed E-state index contributed by atoms with van der Waals surface area (Å²) in [4.78, 5) is 2.21. The number of rotatable bonds is 6. The minimum atomic E-state index is -3.53. The summed E-state index contributed by atoms with van der Waals surface area (Å²) >= 11 is 7.38.